The quantitative estimate of drug-likeness (QED) is 0.320. The first-order valence-corrected chi connectivity index (χ1v) is 8.75. The van der Waals surface area contributed by atoms with Gasteiger partial charge in [-0.25, -0.2) is 4.79 Å². The summed E-state index contributed by atoms with van der Waals surface area (Å²) >= 11 is 5.79. The summed E-state index contributed by atoms with van der Waals surface area (Å²) < 4.78 is 11.0. The van der Waals surface area contributed by atoms with Crippen molar-refractivity contribution >= 4 is 23.5 Å². The number of hydrogen-bond acceptors (Lipinski definition) is 8. The van der Waals surface area contributed by atoms with E-state index in [1.54, 1.807) is 0 Å². The molecule has 11 heteroatoms. The van der Waals surface area contributed by atoms with Gasteiger partial charge in [-0.05, 0) is 24.3 Å². The molecule has 1 aromatic carbocycles. The summed E-state index contributed by atoms with van der Waals surface area (Å²) in [6, 6.07) is 4.42. The SMILES string of the molecule is CC(=O)N[C@H]1[C@H]([C@H](O)[C@H](O)CO)O[C@](Oc2ccc(Cl)cc2)(C(=O)O)C[C@@H]1O. The van der Waals surface area contributed by atoms with E-state index in [2.05, 4.69) is 5.32 Å². The standard InChI is InChI=1S/C17H22ClNO9/c1-8(21)19-13-11(22)6-17(16(25)26,27-10-4-2-9(18)3-5-10)28-15(13)14(24)12(23)7-20/h2-5,11-15,20,22-24H,6-7H2,1H3,(H,19,21)(H,25,26)/t11-,12+,13+,14+,15+,17-/m0/s1. The number of carbonyl (C=O) groups is 2. The summed E-state index contributed by atoms with van der Waals surface area (Å²) in [6.45, 7) is 0.296. The average molecular weight is 420 g/mol. The second-order valence-electron chi connectivity index (χ2n) is 6.43. The van der Waals surface area contributed by atoms with Gasteiger partial charge in [0.2, 0.25) is 5.91 Å². The molecule has 6 atom stereocenters. The molecule has 0 aliphatic carbocycles. The molecule has 1 saturated heterocycles. The van der Waals surface area contributed by atoms with E-state index in [4.69, 9.17) is 26.2 Å². The summed E-state index contributed by atoms with van der Waals surface area (Å²) in [5.74, 6) is -4.54. The van der Waals surface area contributed by atoms with Crippen molar-refractivity contribution in [1.29, 1.82) is 0 Å². The number of benzene rings is 1. The van der Waals surface area contributed by atoms with Crippen LogP contribution in [0.1, 0.15) is 13.3 Å². The Bertz CT molecular complexity index is 700. The van der Waals surface area contributed by atoms with Crippen LogP contribution in [0.5, 0.6) is 5.75 Å². The topological polar surface area (TPSA) is 166 Å². The van der Waals surface area contributed by atoms with Crippen LogP contribution < -0.4 is 10.1 Å². The summed E-state index contributed by atoms with van der Waals surface area (Å²) in [5, 5.41) is 52.1. The predicted molar refractivity (Wildman–Crippen MR) is 94.6 cm³/mol. The van der Waals surface area contributed by atoms with Crippen molar-refractivity contribution in [2.24, 2.45) is 0 Å². The number of aliphatic hydroxyl groups excluding tert-OH is 4. The molecule has 0 spiro atoms. The zero-order chi connectivity index (χ0) is 21.1. The van der Waals surface area contributed by atoms with Crippen LogP contribution >= 0.6 is 11.6 Å². The number of hydrogen-bond donors (Lipinski definition) is 6. The Labute approximate surface area is 165 Å². The summed E-state index contributed by atoms with van der Waals surface area (Å²) in [4.78, 5) is 23.4. The Morgan fingerprint density at radius 2 is 1.96 bits per heavy atom. The zero-order valence-corrected chi connectivity index (χ0v) is 15.6. The van der Waals surface area contributed by atoms with E-state index in [0.717, 1.165) is 6.92 Å². The van der Waals surface area contributed by atoms with Crippen LogP contribution in [0.15, 0.2) is 24.3 Å². The predicted octanol–water partition coefficient (Wildman–Crippen LogP) is -1.13. The lowest BCUT2D eigenvalue weighted by Crippen LogP contribution is -2.68. The normalized spacial score (nSPS) is 29.6. The van der Waals surface area contributed by atoms with Crippen molar-refractivity contribution in [3.8, 4) is 5.75 Å². The van der Waals surface area contributed by atoms with E-state index in [1.165, 1.54) is 24.3 Å². The Morgan fingerprint density at radius 3 is 2.46 bits per heavy atom. The third-order valence-corrected chi connectivity index (χ3v) is 4.53. The van der Waals surface area contributed by atoms with Crippen molar-refractivity contribution in [3.05, 3.63) is 29.3 Å². The summed E-state index contributed by atoms with van der Waals surface area (Å²) in [5.41, 5.74) is 0. The minimum atomic E-state index is -2.43. The van der Waals surface area contributed by atoms with Gasteiger partial charge in [-0.1, -0.05) is 11.6 Å². The van der Waals surface area contributed by atoms with Crippen LogP contribution in [0.3, 0.4) is 0 Å². The largest absolute Gasteiger partial charge is 0.476 e. The Kier molecular flexibility index (Phi) is 7.21. The average Bonchev–Trinajstić information content (AvgIpc) is 2.64. The zero-order valence-electron chi connectivity index (χ0n) is 14.9. The monoisotopic (exact) mass is 419 g/mol. The Hall–Kier alpha value is -1.95. The van der Waals surface area contributed by atoms with Gasteiger partial charge in [0.15, 0.2) is 0 Å². The maximum Gasteiger partial charge on any atom is 0.377 e. The molecule has 0 bridgehead atoms. The number of halogens is 1. The smallest absolute Gasteiger partial charge is 0.377 e. The maximum atomic E-state index is 12.0. The van der Waals surface area contributed by atoms with Crippen LogP contribution in [-0.2, 0) is 14.3 Å². The van der Waals surface area contributed by atoms with Crippen LogP contribution in [0.2, 0.25) is 5.02 Å². The van der Waals surface area contributed by atoms with E-state index < -0.39 is 61.1 Å². The first kappa shape index (κ1) is 22.3. The molecule has 0 unspecified atom stereocenters. The number of rotatable bonds is 7. The molecule has 0 saturated carbocycles. The molecule has 0 radical (unpaired) electrons. The second kappa shape index (κ2) is 9.03. The van der Waals surface area contributed by atoms with Gasteiger partial charge in [0, 0.05) is 11.9 Å². The lowest BCUT2D eigenvalue weighted by Gasteiger charge is -2.46. The molecular formula is C17H22ClNO9. The molecule has 28 heavy (non-hydrogen) atoms. The van der Waals surface area contributed by atoms with Crippen molar-refractivity contribution in [3.63, 3.8) is 0 Å². The van der Waals surface area contributed by atoms with Gasteiger partial charge in [0.05, 0.1) is 25.2 Å². The van der Waals surface area contributed by atoms with Crippen molar-refractivity contribution in [1.82, 2.24) is 5.32 Å². The molecule has 2 rings (SSSR count). The van der Waals surface area contributed by atoms with Gasteiger partial charge in [0.1, 0.15) is 24.1 Å². The third-order valence-electron chi connectivity index (χ3n) is 4.28. The number of aliphatic carboxylic acids is 1. The van der Waals surface area contributed by atoms with Gasteiger partial charge in [0.25, 0.3) is 0 Å². The van der Waals surface area contributed by atoms with Crippen molar-refractivity contribution < 1.29 is 44.6 Å². The number of aliphatic hydroxyl groups is 4. The molecule has 1 fully saturated rings. The minimum Gasteiger partial charge on any atom is -0.476 e. The fraction of sp³-hybridized carbons (Fsp3) is 0.529. The highest BCUT2D eigenvalue weighted by molar-refractivity contribution is 6.30. The molecule has 1 aliphatic rings. The van der Waals surface area contributed by atoms with Gasteiger partial charge in [-0.15, -0.1) is 0 Å². The van der Waals surface area contributed by atoms with Gasteiger partial charge >= 0.3 is 11.8 Å². The number of ether oxygens (including phenoxy) is 2. The number of carbonyl (C=O) groups excluding carboxylic acids is 1. The lowest BCUT2D eigenvalue weighted by atomic mass is 9.88. The molecular weight excluding hydrogens is 398 g/mol. The van der Waals surface area contributed by atoms with E-state index in [9.17, 15) is 30.0 Å². The molecule has 10 nitrogen and oxygen atoms in total. The summed E-state index contributed by atoms with van der Waals surface area (Å²) in [7, 11) is 0. The fourth-order valence-corrected chi connectivity index (χ4v) is 3.05. The fourth-order valence-electron chi connectivity index (χ4n) is 2.92. The molecule has 1 amide bonds. The van der Waals surface area contributed by atoms with Gasteiger partial charge < -0.3 is 40.3 Å². The Morgan fingerprint density at radius 1 is 1.36 bits per heavy atom. The first-order valence-electron chi connectivity index (χ1n) is 8.37. The molecule has 1 aliphatic heterocycles. The van der Waals surface area contributed by atoms with Crippen molar-refractivity contribution in [2.75, 3.05) is 6.61 Å². The Balaban J connectivity index is 2.40. The second-order valence-corrected chi connectivity index (χ2v) is 6.87. The van der Waals surface area contributed by atoms with E-state index >= 15 is 0 Å². The maximum absolute atomic E-state index is 12.0. The van der Waals surface area contributed by atoms with Gasteiger partial charge in [-0.2, -0.15) is 0 Å². The lowest BCUT2D eigenvalue weighted by molar-refractivity contribution is -0.284. The molecule has 6 N–H and O–H groups in total. The highest BCUT2D eigenvalue weighted by Gasteiger charge is 2.56. The number of carboxylic acids is 1. The van der Waals surface area contributed by atoms with Gasteiger partial charge in [-0.3, -0.25) is 4.79 Å². The highest BCUT2D eigenvalue weighted by atomic mass is 35.5. The number of amides is 1. The minimum absolute atomic E-state index is 0.0629. The van der Waals surface area contributed by atoms with Crippen LogP contribution in [0.25, 0.3) is 0 Å². The van der Waals surface area contributed by atoms with Crippen molar-refractivity contribution in [2.45, 2.75) is 49.6 Å². The van der Waals surface area contributed by atoms with Crippen LogP contribution in [0, 0.1) is 0 Å². The molecule has 0 aromatic heterocycles. The van der Waals surface area contributed by atoms with Crippen LogP contribution in [0.4, 0.5) is 0 Å². The van der Waals surface area contributed by atoms with E-state index in [1.807, 2.05) is 0 Å². The summed E-state index contributed by atoms with van der Waals surface area (Å²) in [6.07, 6.45) is -7.24. The van der Waals surface area contributed by atoms with E-state index in [0.29, 0.717) is 5.02 Å². The van der Waals surface area contributed by atoms with Crippen LogP contribution in [-0.4, -0.2) is 80.3 Å². The number of nitrogens with one attached hydrogen (secondary N) is 1. The highest BCUT2D eigenvalue weighted by Crippen LogP contribution is 2.35. The number of carboxylic acid groups (broad SMARTS) is 1. The molecule has 156 valence electrons. The van der Waals surface area contributed by atoms with E-state index in [-0.39, 0.29) is 5.75 Å². The third kappa shape index (κ3) is 4.90. The molecule has 1 aromatic rings. The molecule has 1 heterocycles. The first-order chi connectivity index (χ1) is 13.1.